The maximum absolute atomic E-state index is 5.21. The van der Waals surface area contributed by atoms with Gasteiger partial charge in [0, 0.05) is 38.6 Å². The van der Waals surface area contributed by atoms with E-state index >= 15 is 0 Å². The van der Waals surface area contributed by atoms with E-state index in [-0.39, 0.29) is 0 Å². The van der Waals surface area contributed by atoms with Gasteiger partial charge in [0.1, 0.15) is 17.5 Å². The molecule has 0 aromatic carbocycles. The third kappa shape index (κ3) is 2.12. The van der Waals surface area contributed by atoms with E-state index in [0.717, 1.165) is 49.0 Å². The summed E-state index contributed by atoms with van der Waals surface area (Å²) >= 11 is 0. The second kappa shape index (κ2) is 5.21. The third-order valence-corrected chi connectivity index (χ3v) is 3.84. The molecule has 112 valence electrons. The summed E-state index contributed by atoms with van der Waals surface area (Å²) in [7, 11) is 0. The number of fused-ring (bicyclic) bond motifs is 1. The number of hydrogen-bond donors (Lipinski definition) is 0. The lowest BCUT2D eigenvalue weighted by atomic mass is 10.2. The highest BCUT2D eigenvalue weighted by atomic mass is 16.5. The molecule has 1 saturated heterocycles. The molecule has 8 nitrogen and oxygen atoms in total. The molecule has 0 atom stereocenters. The molecule has 3 aromatic heterocycles. The van der Waals surface area contributed by atoms with Crippen molar-refractivity contribution >= 4 is 22.9 Å². The van der Waals surface area contributed by atoms with Crippen molar-refractivity contribution in [1.82, 2.24) is 25.1 Å². The molecule has 0 spiro atoms. The minimum Gasteiger partial charge on any atom is -0.352 e. The summed E-state index contributed by atoms with van der Waals surface area (Å²) < 4.78 is 5.21. The highest BCUT2D eigenvalue weighted by Crippen LogP contribution is 2.26. The molecule has 1 aliphatic heterocycles. The van der Waals surface area contributed by atoms with E-state index in [0.29, 0.717) is 5.71 Å². The van der Waals surface area contributed by atoms with E-state index in [1.807, 2.05) is 13.0 Å². The fourth-order valence-corrected chi connectivity index (χ4v) is 2.72. The standard InChI is InChI=1S/C14H15N7O/c1-10-11-12(17-9-18-13(11)22-19-10)20-5-7-21(8-6-20)14-15-3-2-4-16-14/h2-4,9H,5-8H2,1H3. The zero-order valence-electron chi connectivity index (χ0n) is 12.2. The molecule has 8 heteroatoms. The van der Waals surface area contributed by atoms with Crippen LogP contribution >= 0.6 is 0 Å². The fourth-order valence-electron chi connectivity index (χ4n) is 2.72. The molecule has 4 rings (SSSR count). The zero-order valence-corrected chi connectivity index (χ0v) is 12.2. The van der Waals surface area contributed by atoms with Crippen molar-refractivity contribution in [2.75, 3.05) is 36.0 Å². The number of rotatable bonds is 2. The molecule has 1 aliphatic rings. The van der Waals surface area contributed by atoms with Crippen molar-refractivity contribution in [2.24, 2.45) is 0 Å². The van der Waals surface area contributed by atoms with Crippen molar-refractivity contribution < 1.29 is 4.52 Å². The average Bonchev–Trinajstić information content (AvgIpc) is 2.97. The number of nitrogens with zero attached hydrogens (tertiary/aromatic N) is 7. The van der Waals surface area contributed by atoms with Crippen molar-refractivity contribution in [3.63, 3.8) is 0 Å². The van der Waals surface area contributed by atoms with Crippen molar-refractivity contribution in [1.29, 1.82) is 0 Å². The van der Waals surface area contributed by atoms with E-state index in [1.54, 1.807) is 12.4 Å². The number of piperazine rings is 1. The molecule has 0 aliphatic carbocycles. The Labute approximate surface area is 126 Å². The number of anilines is 2. The summed E-state index contributed by atoms with van der Waals surface area (Å²) in [6.45, 7) is 5.29. The van der Waals surface area contributed by atoms with Gasteiger partial charge in [-0.15, -0.1) is 0 Å². The van der Waals surface area contributed by atoms with Gasteiger partial charge in [0.05, 0.1) is 5.69 Å². The van der Waals surface area contributed by atoms with Crippen molar-refractivity contribution in [2.45, 2.75) is 6.92 Å². The second-order valence-corrected chi connectivity index (χ2v) is 5.17. The maximum atomic E-state index is 5.21. The third-order valence-electron chi connectivity index (χ3n) is 3.84. The van der Waals surface area contributed by atoms with E-state index in [1.165, 1.54) is 6.33 Å². The van der Waals surface area contributed by atoms with E-state index in [9.17, 15) is 0 Å². The first-order valence-electron chi connectivity index (χ1n) is 7.17. The number of hydrogen-bond acceptors (Lipinski definition) is 8. The monoisotopic (exact) mass is 297 g/mol. The van der Waals surface area contributed by atoms with Gasteiger partial charge in [0.15, 0.2) is 0 Å². The minimum atomic E-state index is 0.538. The molecule has 1 fully saturated rings. The Morgan fingerprint density at radius 3 is 2.45 bits per heavy atom. The summed E-state index contributed by atoms with van der Waals surface area (Å²) in [5, 5.41) is 4.87. The lowest BCUT2D eigenvalue weighted by Gasteiger charge is -2.35. The molecule has 0 saturated carbocycles. The molecule has 22 heavy (non-hydrogen) atoms. The van der Waals surface area contributed by atoms with Gasteiger partial charge in [-0.1, -0.05) is 5.16 Å². The SMILES string of the molecule is Cc1noc2ncnc(N3CCN(c4ncccn4)CC3)c12. The Kier molecular flexibility index (Phi) is 3.06. The molecular formula is C14H15N7O. The van der Waals surface area contributed by atoms with Gasteiger partial charge in [-0.3, -0.25) is 0 Å². The van der Waals surface area contributed by atoms with E-state index in [4.69, 9.17) is 4.52 Å². The summed E-state index contributed by atoms with van der Waals surface area (Å²) in [4.78, 5) is 21.6. The van der Waals surface area contributed by atoms with E-state index in [2.05, 4.69) is 34.9 Å². The first kappa shape index (κ1) is 12.9. The lowest BCUT2D eigenvalue weighted by Crippen LogP contribution is -2.47. The second-order valence-electron chi connectivity index (χ2n) is 5.17. The van der Waals surface area contributed by atoms with Crippen LogP contribution in [0.3, 0.4) is 0 Å². The van der Waals surface area contributed by atoms with Crippen LogP contribution in [0, 0.1) is 6.92 Å². The molecule has 0 unspecified atom stereocenters. The highest BCUT2D eigenvalue weighted by Gasteiger charge is 2.23. The molecule has 4 heterocycles. The normalized spacial score (nSPS) is 15.5. The van der Waals surface area contributed by atoms with E-state index < -0.39 is 0 Å². The molecule has 3 aromatic rings. The minimum absolute atomic E-state index is 0.538. The van der Waals surface area contributed by atoms with Gasteiger partial charge in [-0.05, 0) is 13.0 Å². The molecule has 0 amide bonds. The first-order valence-corrected chi connectivity index (χ1v) is 7.17. The van der Waals surface area contributed by atoms with Crippen LogP contribution in [0.25, 0.3) is 11.1 Å². The van der Waals surface area contributed by atoms with Gasteiger partial charge in [-0.2, -0.15) is 4.98 Å². The molecule has 0 bridgehead atoms. The van der Waals surface area contributed by atoms with Crippen LogP contribution in [-0.2, 0) is 0 Å². The van der Waals surface area contributed by atoms with Crippen LogP contribution in [-0.4, -0.2) is 51.3 Å². The summed E-state index contributed by atoms with van der Waals surface area (Å²) in [6.07, 6.45) is 5.06. The Morgan fingerprint density at radius 2 is 1.68 bits per heavy atom. The van der Waals surface area contributed by atoms with Gasteiger partial charge in [-0.25, -0.2) is 15.0 Å². The number of aromatic nitrogens is 5. The largest absolute Gasteiger partial charge is 0.352 e. The summed E-state index contributed by atoms with van der Waals surface area (Å²) in [5.41, 5.74) is 1.36. The topological polar surface area (TPSA) is 84.1 Å². The highest BCUT2D eigenvalue weighted by molar-refractivity contribution is 5.87. The fraction of sp³-hybridized carbons (Fsp3) is 0.357. The van der Waals surface area contributed by atoms with Crippen LogP contribution in [0.15, 0.2) is 29.3 Å². The Balaban J connectivity index is 1.57. The zero-order chi connectivity index (χ0) is 14.9. The average molecular weight is 297 g/mol. The molecule has 0 N–H and O–H groups in total. The van der Waals surface area contributed by atoms with Gasteiger partial charge in [0.2, 0.25) is 5.95 Å². The predicted octanol–water partition coefficient (Wildman–Crippen LogP) is 1.04. The van der Waals surface area contributed by atoms with Gasteiger partial charge < -0.3 is 14.3 Å². The van der Waals surface area contributed by atoms with Crippen LogP contribution in [0.5, 0.6) is 0 Å². The quantitative estimate of drug-likeness (QED) is 0.694. The van der Waals surface area contributed by atoms with Crippen LogP contribution in [0.4, 0.5) is 11.8 Å². The van der Waals surface area contributed by atoms with Crippen LogP contribution in [0.2, 0.25) is 0 Å². The lowest BCUT2D eigenvalue weighted by molar-refractivity contribution is 0.442. The van der Waals surface area contributed by atoms with Gasteiger partial charge >= 0.3 is 0 Å². The Bertz CT molecular complexity index is 780. The number of aryl methyl sites for hydroxylation is 1. The maximum Gasteiger partial charge on any atom is 0.263 e. The van der Waals surface area contributed by atoms with Crippen LogP contribution < -0.4 is 9.80 Å². The van der Waals surface area contributed by atoms with Crippen molar-refractivity contribution in [3.8, 4) is 0 Å². The predicted molar refractivity (Wildman–Crippen MR) is 80.8 cm³/mol. The van der Waals surface area contributed by atoms with Crippen molar-refractivity contribution in [3.05, 3.63) is 30.5 Å². The smallest absolute Gasteiger partial charge is 0.263 e. The van der Waals surface area contributed by atoms with Crippen LogP contribution in [0.1, 0.15) is 5.69 Å². The molecular weight excluding hydrogens is 282 g/mol. The summed E-state index contributed by atoms with van der Waals surface area (Å²) in [5.74, 6) is 1.66. The Morgan fingerprint density at radius 1 is 0.955 bits per heavy atom. The molecule has 0 radical (unpaired) electrons. The van der Waals surface area contributed by atoms with Gasteiger partial charge in [0.25, 0.3) is 5.71 Å². The summed E-state index contributed by atoms with van der Waals surface area (Å²) in [6, 6.07) is 1.83. The first-order chi connectivity index (χ1) is 10.8. The Hall–Kier alpha value is -2.77.